The van der Waals surface area contributed by atoms with Crippen LogP contribution in [-0.2, 0) is 24.8 Å². The SMILES string of the molecule is CN(Cc1nnnn1C)C(=O)Cc1ccccc1. The van der Waals surface area contributed by atoms with Crippen molar-refractivity contribution in [2.45, 2.75) is 13.0 Å². The summed E-state index contributed by atoms with van der Waals surface area (Å²) < 4.78 is 1.56. The van der Waals surface area contributed by atoms with Gasteiger partial charge in [0, 0.05) is 14.1 Å². The first-order valence-corrected chi connectivity index (χ1v) is 5.66. The highest BCUT2D eigenvalue weighted by molar-refractivity contribution is 5.78. The van der Waals surface area contributed by atoms with Crippen molar-refractivity contribution < 1.29 is 4.79 Å². The van der Waals surface area contributed by atoms with E-state index in [0.29, 0.717) is 18.8 Å². The van der Waals surface area contributed by atoms with Crippen molar-refractivity contribution in [3.05, 3.63) is 41.7 Å². The van der Waals surface area contributed by atoms with Crippen molar-refractivity contribution in [3.8, 4) is 0 Å². The first-order chi connectivity index (χ1) is 8.66. The molecule has 1 heterocycles. The minimum absolute atomic E-state index is 0.0456. The van der Waals surface area contributed by atoms with Gasteiger partial charge in [0.25, 0.3) is 0 Å². The Bertz CT molecular complexity index is 522. The van der Waals surface area contributed by atoms with E-state index in [0.717, 1.165) is 5.56 Å². The number of hydrogen-bond donors (Lipinski definition) is 0. The van der Waals surface area contributed by atoms with Crippen LogP contribution in [0, 0.1) is 0 Å². The molecule has 0 aliphatic heterocycles. The summed E-state index contributed by atoms with van der Waals surface area (Å²) >= 11 is 0. The summed E-state index contributed by atoms with van der Waals surface area (Å²) in [7, 11) is 3.50. The van der Waals surface area contributed by atoms with Gasteiger partial charge in [-0.05, 0) is 16.0 Å². The molecule has 6 heteroatoms. The minimum atomic E-state index is 0.0456. The van der Waals surface area contributed by atoms with Crippen LogP contribution in [0.4, 0.5) is 0 Å². The van der Waals surface area contributed by atoms with Gasteiger partial charge in [0.05, 0.1) is 13.0 Å². The third kappa shape index (κ3) is 2.91. The van der Waals surface area contributed by atoms with Gasteiger partial charge in [0.15, 0.2) is 5.82 Å². The highest BCUT2D eigenvalue weighted by atomic mass is 16.2. The maximum absolute atomic E-state index is 12.0. The molecular formula is C12H15N5O. The molecule has 2 aromatic rings. The van der Waals surface area contributed by atoms with Crippen LogP contribution in [0.2, 0.25) is 0 Å². The molecule has 0 aliphatic rings. The maximum atomic E-state index is 12.0. The normalized spacial score (nSPS) is 10.3. The fourth-order valence-electron chi connectivity index (χ4n) is 1.59. The molecule has 94 valence electrons. The van der Waals surface area contributed by atoms with E-state index in [4.69, 9.17) is 0 Å². The quantitative estimate of drug-likeness (QED) is 0.782. The van der Waals surface area contributed by atoms with Crippen LogP contribution in [0.25, 0.3) is 0 Å². The summed E-state index contributed by atoms with van der Waals surface area (Å²) in [5, 5.41) is 11.1. The Balaban J connectivity index is 1.95. The molecule has 0 bridgehead atoms. The molecule has 18 heavy (non-hydrogen) atoms. The van der Waals surface area contributed by atoms with E-state index in [1.54, 1.807) is 23.7 Å². The number of amides is 1. The third-order valence-electron chi connectivity index (χ3n) is 2.71. The number of hydrogen-bond acceptors (Lipinski definition) is 4. The highest BCUT2D eigenvalue weighted by Crippen LogP contribution is 2.04. The van der Waals surface area contributed by atoms with Crippen molar-refractivity contribution in [2.24, 2.45) is 7.05 Å². The fourth-order valence-corrected chi connectivity index (χ4v) is 1.59. The fraction of sp³-hybridized carbons (Fsp3) is 0.333. The standard InChI is InChI=1S/C12H15N5O/c1-16(9-11-13-14-15-17(11)2)12(18)8-10-6-4-3-5-7-10/h3-7H,8-9H2,1-2H3. The number of rotatable bonds is 4. The molecule has 1 amide bonds. The Morgan fingerprint density at radius 2 is 2.06 bits per heavy atom. The second kappa shape index (κ2) is 5.39. The van der Waals surface area contributed by atoms with E-state index in [9.17, 15) is 4.79 Å². The van der Waals surface area contributed by atoms with Gasteiger partial charge in [-0.15, -0.1) is 5.10 Å². The monoisotopic (exact) mass is 245 g/mol. The number of carbonyl (C=O) groups excluding carboxylic acids is 1. The van der Waals surface area contributed by atoms with Crippen LogP contribution in [0.1, 0.15) is 11.4 Å². The molecule has 0 saturated carbocycles. The van der Waals surface area contributed by atoms with Gasteiger partial charge < -0.3 is 4.90 Å². The zero-order chi connectivity index (χ0) is 13.0. The second-order valence-electron chi connectivity index (χ2n) is 4.13. The van der Waals surface area contributed by atoms with Crippen LogP contribution < -0.4 is 0 Å². The van der Waals surface area contributed by atoms with E-state index >= 15 is 0 Å². The van der Waals surface area contributed by atoms with Gasteiger partial charge in [-0.25, -0.2) is 4.68 Å². The van der Waals surface area contributed by atoms with Crippen LogP contribution in [0.5, 0.6) is 0 Å². The smallest absolute Gasteiger partial charge is 0.227 e. The molecule has 1 aromatic heterocycles. The topological polar surface area (TPSA) is 63.9 Å². The molecule has 0 aliphatic carbocycles. The summed E-state index contributed by atoms with van der Waals surface area (Å²) in [5.74, 6) is 0.711. The zero-order valence-electron chi connectivity index (χ0n) is 10.4. The van der Waals surface area contributed by atoms with Crippen LogP contribution in [0.3, 0.4) is 0 Å². The Hall–Kier alpha value is -2.24. The van der Waals surface area contributed by atoms with E-state index < -0.39 is 0 Å². The molecule has 0 N–H and O–H groups in total. The van der Waals surface area contributed by atoms with Crippen LogP contribution in [-0.4, -0.2) is 38.1 Å². The highest BCUT2D eigenvalue weighted by Gasteiger charge is 2.12. The van der Waals surface area contributed by atoms with Gasteiger partial charge in [-0.1, -0.05) is 30.3 Å². The van der Waals surface area contributed by atoms with Gasteiger partial charge >= 0.3 is 0 Å². The van der Waals surface area contributed by atoms with Crippen molar-refractivity contribution in [3.63, 3.8) is 0 Å². The molecule has 1 aromatic carbocycles. The van der Waals surface area contributed by atoms with Crippen LogP contribution in [0.15, 0.2) is 30.3 Å². The Kier molecular flexibility index (Phi) is 3.66. The Morgan fingerprint density at radius 1 is 1.33 bits per heavy atom. The Morgan fingerprint density at radius 3 is 2.67 bits per heavy atom. The lowest BCUT2D eigenvalue weighted by atomic mass is 10.1. The van der Waals surface area contributed by atoms with Gasteiger partial charge in [0.2, 0.25) is 5.91 Å². The maximum Gasteiger partial charge on any atom is 0.227 e. The summed E-state index contributed by atoms with van der Waals surface area (Å²) in [4.78, 5) is 13.6. The number of benzene rings is 1. The first-order valence-electron chi connectivity index (χ1n) is 5.66. The van der Waals surface area contributed by atoms with E-state index in [1.165, 1.54) is 0 Å². The predicted octanol–water partition coefficient (Wildman–Crippen LogP) is 0.411. The van der Waals surface area contributed by atoms with Gasteiger partial charge in [-0.2, -0.15) is 0 Å². The summed E-state index contributed by atoms with van der Waals surface area (Å²) in [6, 6.07) is 9.67. The van der Waals surface area contributed by atoms with E-state index in [2.05, 4.69) is 15.5 Å². The molecule has 0 saturated heterocycles. The summed E-state index contributed by atoms with van der Waals surface area (Å²) in [6.45, 7) is 0.412. The third-order valence-corrected chi connectivity index (χ3v) is 2.71. The number of aryl methyl sites for hydroxylation is 1. The van der Waals surface area contributed by atoms with E-state index in [-0.39, 0.29) is 5.91 Å². The van der Waals surface area contributed by atoms with E-state index in [1.807, 2.05) is 30.3 Å². The average Bonchev–Trinajstić information content (AvgIpc) is 2.76. The van der Waals surface area contributed by atoms with Crippen molar-refractivity contribution >= 4 is 5.91 Å². The first kappa shape index (κ1) is 12.2. The average molecular weight is 245 g/mol. The molecule has 0 radical (unpaired) electrons. The number of nitrogens with zero attached hydrogens (tertiary/aromatic N) is 5. The lowest BCUT2D eigenvalue weighted by Crippen LogP contribution is -2.29. The summed E-state index contributed by atoms with van der Waals surface area (Å²) in [6.07, 6.45) is 0.391. The molecule has 0 fully saturated rings. The summed E-state index contributed by atoms with van der Waals surface area (Å²) in [5.41, 5.74) is 1.01. The lowest BCUT2D eigenvalue weighted by Gasteiger charge is -2.15. The van der Waals surface area contributed by atoms with Crippen molar-refractivity contribution in [2.75, 3.05) is 7.05 Å². The zero-order valence-corrected chi connectivity index (χ0v) is 10.4. The number of likely N-dealkylation sites (N-methyl/N-ethyl adjacent to an activating group) is 1. The molecule has 0 unspecified atom stereocenters. The minimum Gasteiger partial charge on any atom is -0.338 e. The number of carbonyl (C=O) groups is 1. The molecule has 0 spiro atoms. The van der Waals surface area contributed by atoms with Crippen molar-refractivity contribution in [1.82, 2.24) is 25.1 Å². The molecule has 0 atom stereocenters. The molecule has 2 rings (SSSR count). The largest absolute Gasteiger partial charge is 0.338 e. The second-order valence-corrected chi connectivity index (χ2v) is 4.13. The van der Waals surface area contributed by atoms with Crippen molar-refractivity contribution in [1.29, 1.82) is 0 Å². The van der Waals surface area contributed by atoms with Gasteiger partial charge in [0.1, 0.15) is 0 Å². The predicted molar refractivity (Wildman–Crippen MR) is 65.4 cm³/mol. The number of tetrazole rings is 1. The molecular weight excluding hydrogens is 230 g/mol. The van der Waals surface area contributed by atoms with Gasteiger partial charge in [-0.3, -0.25) is 4.79 Å². The molecule has 6 nitrogen and oxygen atoms in total. The Labute approximate surface area is 105 Å². The van der Waals surface area contributed by atoms with Crippen LogP contribution >= 0.6 is 0 Å². The lowest BCUT2D eigenvalue weighted by molar-refractivity contribution is -0.129. The number of aromatic nitrogens is 4.